The summed E-state index contributed by atoms with van der Waals surface area (Å²) < 4.78 is 4.36. The fourth-order valence-corrected chi connectivity index (χ4v) is 1.85. The van der Waals surface area contributed by atoms with Gasteiger partial charge < -0.3 is 20.1 Å². The molecule has 0 bridgehead atoms. The molecule has 148 valence electrons. The molecule has 0 aliphatic heterocycles. The van der Waals surface area contributed by atoms with Crippen LogP contribution in [-0.4, -0.2) is 32.7 Å². The third kappa shape index (κ3) is 23.6. The average molecular weight is 370 g/mol. The number of carbonyl (C=O) groups excluding carboxylic acids is 1. The molecule has 1 aromatic heterocycles. The van der Waals surface area contributed by atoms with E-state index in [4.69, 9.17) is 20.1 Å². The standard InChI is InChI=1S/C12H23N2.C4H4O4.C2H4O2/c1-3-4-5-6-7-8-9-14-11-10-13(2)12-14;5-3(6)1-2-4(7)8;1-2(3)4/h10-12H,3-9H2,1-2H3;1-2H,(H,5,6)(H,7,8);1H3,(H,3,4)/q+1;;/p-1/b;2-1-;. The molecular formula is C18H30N2O6. The number of hydrogen-bond donors (Lipinski definition) is 2. The van der Waals surface area contributed by atoms with Gasteiger partial charge in [0.05, 0.1) is 13.6 Å². The molecule has 1 aromatic rings. The van der Waals surface area contributed by atoms with E-state index >= 15 is 0 Å². The third-order valence-electron chi connectivity index (χ3n) is 2.96. The topological polar surface area (TPSA) is 124 Å². The minimum absolute atomic E-state index is 0.558. The maximum atomic E-state index is 9.55. The zero-order valence-electron chi connectivity index (χ0n) is 15.8. The van der Waals surface area contributed by atoms with E-state index in [0.29, 0.717) is 12.2 Å². The first kappa shape index (κ1) is 25.6. The highest BCUT2D eigenvalue weighted by atomic mass is 16.4. The van der Waals surface area contributed by atoms with Gasteiger partial charge in [-0.15, -0.1) is 0 Å². The van der Waals surface area contributed by atoms with Crippen LogP contribution >= 0.6 is 0 Å². The summed E-state index contributed by atoms with van der Waals surface area (Å²) in [5, 5.41) is 24.5. The van der Waals surface area contributed by atoms with Crippen LogP contribution in [0.2, 0.25) is 0 Å². The number of aliphatic carboxylic acids is 3. The van der Waals surface area contributed by atoms with Crippen LogP contribution in [0.25, 0.3) is 0 Å². The van der Waals surface area contributed by atoms with Crippen molar-refractivity contribution in [1.29, 1.82) is 0 Å². The number of rotatable bonds is 9. The van der Waals surface area contributed by atoms with Crippen molar-refractivity contribution in [3.05, 3.63) is 30.9 Å². The number of aryl methyl sites for hydroxylation is 2. The molecule has 0 saturated carbocycles. The van der Waals surface area contributed by atoms with Crippen LogP contribution in [0.5, 0.6) is 0 Å². The van der Waals surface area contributed by atoms with Crippen molar-refractivity contribution in [2.75, 3.05) is 0 Å². The summed E-state index contributed by atoms with van der Waals surface area (Å²) in [6.45, 7) is 4.41. The SMILES string of the molecule is CC(=O)[O-].CCCCCCCC[n+]1ccn(C)c1.O=C(O)/C=C\C(=O)O. The van der Waals surface area contributed by atoms with E-state index in [1.807, 2.05) is 0 Å². The number of carboxylic acid groups (broad SMARTS) is 3. The lowest BCUT2D eigenvalue weighted by Crippen LogP contribution is -2.30. The Bertz CT molecular complexity index is 532. The number of carboxylic acids is 3. The molecule has 0 radical (unpaired) electrons. The monoisotopic (exact) mass is 370 g/mol. The highest BCUT2D eigenvalue weighted by Gasteiger charge is 1.98. The lowest BCUT2D eigenvalue weighted by Gasteiger charge is -1.98. The van der Waals surface area contributed by atoms with E-state index in [2.05, 4.69) is 41.8 Å². The molecular weight excluding hydrogens is 340 g/mol. The van der Waals surface area contributed by atoms with Gasteiger partial charge in [-0.3, -0.25) is 0 Å². The fraction of sp³-hybridized carbons (Fsp3) is 0.556. The predicted molar refractivity (Wildman–Crippen MR) is 94.1 cm³/mol. The molecule has 1 heterocycles. The van der Waals surface area contributed by atoms with Gasteiger partial charge in [-0.2, -0.15) is 0 Å². The first-order valence-corrected chi connectivity index (χ1v) is 8.51. The van der Waals surface area contributed by atoms with Gasteiger partial charge in [0, 0.05) is 18.1 Å². The normalized spacial score (nSPS) is 9.65. The van der Waals surface area contributed by atoms with E-state index in [9.17, 15) is 9.59 Å². The number of hydrogen-bond acceptors (Lipinski definition) is 4. The summed E-state index contributed by atoms with van der Waals surface area (Å²) in [6, 6.07) is 0. The minimum Gasteiger partial charge on any atom is -0.550 e. The van der Waals surface area contributed by atoms with Crippen LogP contribution in [-0.2, 0) is 28.0 Å². The van der Waals surface area contributed by atoms with Crippen LogP contribution in [0.15, 0.2) is 30.9 Å². The number of carbonyl (C=O) groups is 3. The molecule has 0 atom stereocenters. The largest absolute Gasteiger partial charge is 0.550 e. The molecule has 0 spiro atoms. The second-order valence-corrected chi connectivity index (χ2v) is 5.59. The zero-order valence-corrected chi connectivity index (χ0v) is 15.8. The van der Waals surface area contributed by atoms with E-state index in [1.165, 1.54) is 45.1 Å². The van der Waals surface area contributed by atoms with Crippen LogP contribution in [0.3, 0.4) is 0 Å². The molecule has 8 nitrogen and oxygen atoms in total. The molecule has 0 aliphatic rings. The van der Waals surface area contributed by atoms with Crippen molar-refractivity contribution in [1.82, 2.24) is 4.57 Å². The molecule has 1 rings (SSSR count). The second-order valence-electron chi connectivity index (χ2n) is 5.59. The molecule has 0 aromatic carbocycles. The molecule has 0 amide bonds. The Morgan fingerprint density at radius 1 is 1.04 bits per heavy atom. The summed E-state index contributed by atoms with van der Waals surface area (Å²) >= 11 is 0. The summed E-state index contributed by atoms with van der Waals surface area (Å²) in [7, 11) is 2.07. The molecule has 8 heteroatoms. The number of aromatic nitrogens is 2. The van der Waals surface area contributed by atoms with Gasteiger partial charge in [-0.25, -0.2) is 18.7 Å². The van der Waals surface area contributed by atoms with Gasteiger partial charge in [0.2, 0.25) is 6.33 Å². The maximum absolute atomic E-state index is 9.55. The van der Waals surface area contributed by atoms with Gasteiger partial charge in [0.1, 0.15) is 12.4 Å². The Labute approximate surface area is 154 Å². The lowest BCUT2D eigenvalue weighted by molar-refractivity contribution is -0.696. The summed E-state index contributed by atoms with van der Waals surface area (Å²) in [5.41, 5.74) is 0. The maximum Gasteiger partial charge on any atom is 0.328 e. The smallest absolute Gasteiger partial charge is 0.328 e. The third-order valence-corrected chi connectivity index (χ3v) is 2.96. The highest BCUT2D eigenvalue weighted by Crippen LogP contribution is 2.04. The van der Waals surface area contributed by atoms with Crippen LogP contribution in [0.1, 0.15) is 52.4 Å². The molecule has 0 fully saturated rings. The Hall–Kier alpha value is -2.64. The van der Waals surface area contributed by atoms with Gasteiger partial charge in [-0.05, 0) is 19.8 Å². The van der Waals surface area contributed by atoms with Crippen LogP contribution in [0.4, 0.5) is 0 Å². The average Bonchev–Trinajstić information content (AvgIpc) is 2.94. The van der Waals surface area contributed by atoms with E-state index in [-0.39, 0.29) is 0 Å². The molecule has 0 unspecified atom stereocenters. The van der Waals surface area contributed by atoms with Crippen molar-refractivity contribution in [3.8, 4) is 0 Å². The van der Waals surface area contributed by atoms with Crippen LogP contribution < -0.4 is 9.67 Å². The van der Waals surface area contributed by atoms with Crippen molar-refractivity contribution in [2.45, 2.75) is 58.9 Å². The number of unbranched alkanes of at least 4 members (excludes halogenated alkanes) is 5. The Kier molecular flexibility index (Phi) is 16.9. The molecule has 26 heavy (non-hydrogen) atoms. The lowest BCUT2D eigenvalue weighted by atomic mass is 10.1. The number of nitrogens with zero attached hydrogens (tertiary/aromatic N) is 2. The van der Waals surface area contributed by atoms with Crippen molar-refractivity contribution in [2.24, 2.45) is 7.05 Å². The molecule has 0 aliphatic carbocycles. The van der Waals surface area contributed by atoms with Gasteiger partial charge >= 0.3 is 11.9 Å². The van der Waals surface area contributed by atoms with Gasteiger partial charge in [-0.1, -0.05) is 32.6 Å². The zero-order chi connectivity index (χ0) is 20.4. The minimum atomic E-state index is -1.26. The molecule has 0 saturated heterocycles. The van der Waals surface area contributed by atoms with Gasteiger partial charge in [0.25, 0.3) is 0 Å². The van der Waals surface area contributed by atoms with Crippen LogP contribution in [0, 0.1) is 0 Å². The van der Waals surface area contributed by atoms with E-state index in [0.717, 1.165) is 6.92 Å². The van der Waals surface area contributed by atoms with E-state index in [1.54, 1.807) is 0 Å². The summed E-state index contributed by atoms with van der Waals surface area (Å²) in [4.78, 5) is 28.0. The first-order chi connectivity index (χ1) is 12.2. The summed E-state index contributed by atoms with van der Waals surface area (Å²) in [5.74, 6) is -3.60. The number of imidazole rings is 1. The van der Waals surface area contributed by atoms with E-state index < -0.39 is 17.9 Å². The van der Waals surface area contributed by atoms with Crippen molar-refractivity contribution in [3.63, 3.8) is 0 Å². The Balaban J connectivity index is 0. The molecule has 2 N–H and O–H groups in total. The first-order valence-electron chi connectivity index (χ1n) is 8.51. The van der Waals surface area contributed by atoms with Gasteiger partial charge in [0.15, 0.2) is 0 Å². The quantitative estimate of drug-likeness (QED) is 0.382. The second kappa shape index (κ2) is 17.2. The van der Waals surface area contributed by atoms with Crippen molar-refractivity contribution < 1.29 is 34.3 Å². The van der Waals surface area contributed by atoms with Crippen molar-refractivity contribution >= 4 is 17.9 Å². The fourth-order valence-electron chi connectivity index (χ4n) is 1.85. The highest BCUT2D eigenvalue weighted by molar-refractivity contribution is 5.89. The summed E-state index contributed by atoms with van der Waals surface area (Å²) in [6.07, 6.45) is 15.8. The Morgan fingerprint density at radius 3 is 1.88 bits per heavy atom. The predicted octanol–water partition coefficient (Wildman–Crippen LogP) is 1.14. The Morgan fingerprint density at radius 2 is 1.50 bits per heavy atom.